The van der Waals surface area contributed by atoms with Gasteiger partial charge in [-0.15, -0.1) is 0 Å². The molecule has 0 aromatic heterocycles. The molecule has 0 fully saturated rings. The van der Waals surface area contributed by atoms with Gasteiger partial charge in [-0.05, 0) is 34.5 Å². The number of anilines is 1. The Balaban J connectivity index is 2.03. The lowest BCUT2D eigenvalue weighted by molar-refractivity contribution is -0.138. The maximum absolute atomic E-state index is 12.9. The van der Waals surface area contributed by atoms with E-state index in [0.717, 1.165) is 22.0 Å². The molecule has 0 aliphatic carbocycles. The summed E-state index contributed by atoms with van der Waals surface area (Å²) in [5.41, 5.74) is 2.57. The monoisotopic (exact) mass is 403 g/mol. The summed E-state index contributed by atoms with van der Waals surface area (Å²) >= 11 is 0. The van der Waals surface area contributed by atoms with Gasteiger partial charge in [0.1, 0.15) is 5.75 Å². The molecule has 3 aromatic rings. The lowest BCUT2D eigenvalue weighted by atomic mass is 9.84. The topological polar surface area (TPSA) is 73.9 Å². The van der Waals surface area contributed by atoms with Crippen LogP contribution in [-0.2, 0) is 19.1 Å². The van der Waals surface area contributed by atoms with Crippen LogP contribution in [0.4, 0.5) is 5.69 Å². The first-order valence-corrected chi connectivity index (χ1v) is 9.42. The number of benzene rings is 3. The highest BCUT2D eigenvalue weighted by atomic mass is 16.5. The van der Waals surface area contributed by atoms with Crippen LogP contribution in [0.1, 0.15) is 17.2 Å². The Morgan fingerprint density at radius 1 is 0.833 bits per heavy atom. The molecule has 0 saturated carbocycles. The molecule has 1 unspecified atom stereocenters. The predicted molar refractivity (Wildman–Crippen MR) is 114 cm³/mol. The third-order valence-electron chi connectivity index (χ3n) is 5.28. The van der Waals surface area contributed by atoms with Crippen molar-refractivity contribution in [3.8, 4) is 5.75 Å². The molecule has 4 rings (SSSR count). The molecule has 0 bridgehead atoms. The maximum atomic E-state index is 12.9. The Bertz CT molecular complexity index is 1160. The summed E-state index contributed by atoms with van der Waals surface area (Å²) in [4.78, 5) is 25.8. The number of ether oxygens (including phenoxy) is 3. The van der Waals surface area contributed by atoms with Crippen molar-refractivity contribution in [1.82, 2.24) is 0 Å². The third kappa shape index (κ3) is 3.16. The van der Waals surface area contributed by atoms with E-state index in [2.05, 4.69) is 5.32 Å². The van der Waals surface area contributed by atoms with E-state index in [1.807, 2.05) is 48.5 Å². The zero-order chi connectivity index (χ0) is 21.3. The van der Waals surface area contributed by atoms with Gasteiger partial charge in [0, 0.05) is 11.3 Å². The highest BCUT2D eigenvalue weighted by molar-refractivity contribution is 6.28. The number of carbonyl (C=O) groups is 2. The van der Waals surface area contributed by atoms with Crippen LogP contribution in [0.2, 0.25) is 0 Å². The summed E-state index contributed by atoms with van der Waals surface area (Å²) in [7, 11) is 4.19. The Labute approximate surface area is 174 Å². The molecule has 1 aliphatic heterocycles. The van der Waals surface area contributed by atoms with E-state index >= 15 is 0 Å². The Morgan fingerprint density at radius 3 is 2.20 bits per heavy atom. The summed E-state index contributed by atoms with van der Waals surface area (Å²) in [6.45, 7) is 0. The van der Waals surface area contributed by atoms with E-state index in [-0.39, 0.29) is 11.1 Å². The highest BCUT2D eigenvalue weighted by Crippen LogP contribution is 2.44. The number of esters is 2. The second-order valence-corrected chi connectivity index (χ2v) is 6.83. The van der Waals surface area contributed by atoms with Crippen LogP contribution in [0.15, 0.2) is 66.2 Å². The molecule has 6 heteroatoms. The van der Waals surface area contributed by atoms with Gasteiger partial charge in [-0.1, -0.05) is 42.5 Å². The second kappa shape index (κ2) is 7.91. The minimum absolute atomic E-state index is 0.204. The first-order chi connectivity index (χ1) is 14.6. The number of carbonyl (C=O) groups excluding carboxylic acids is 2. The lowest BCUT2D eigenvalue weighted by Crippen LogP contribution is -2.28. The van der Waals surface area contributed by atoms with E-state index in [9.17, 15) is 9.59 Å². The largest absolute Gasteiger partial charge is 0.497 e. The van der Waals surface area contributed by atoms with Crippen molar-refractivity contribution < 1.29 is 23.8 Å². The number of rotatable bonds is 4. The van der Waals surface area contributed by atoms with Crippen LogP contribution in [0.25, 0.3) is 16.3 Å². The summed E-state index contributed by atoms with van der Waals surface area (Å²) in [6.07, 6.45) is 0. The smallest absolute Gasteiger partial charge is 0.339 e. The Kier molecular flexibility index (Phi) is 5.14. The number of hydrogen-bond acceptors (Lipinski definition) is 6. The second-order valence-electron chi connectivity index (χ2n) is 6.83. The zero-order valence-corrected chi connectivity index (χ0v) is 16.9. The average molecular weight is 403 g/mol. The van der Waals surface area contributed by atoms with Gasteiger partial charge in [-0.2, -0.15) is 0 Å². The molecule has 152 valence electrons. The summed E-state index contributed by atoms with van der Waals surface area (Å²) in [5, 5.41) is 5.21. The molecule has 30 heavy (non-hydrogen) atoms. The molecule has 6 nitrogen and oxygen atoms in total. The van der Waals surface area contributed by atoms with Crippen LogP contribution in [0.5, 0.6) is 5.75 Å². The van der Waals surface area contributed by atoms with Crippen LogP contribution in [0, 0.1) is 0 Å². The van der Waals surface area contributed by atoms with Crippen LogP contribution >= 0.6 is 0 Å². The molecule has 1 aliphatic rings. The number of methoxy groups -OCH3 is 3. The van der Waals surface area contributed by atoms with Gasteiger partial charge in [0.25, 0.3) is 0 Å². The van der Waals surface area contributed by atoms with E-state index in [1.165, 1.54) is 14.2 Å². The third-order valence-corrected chi connectivity index (χ3v) is 5.28. The van der Waals surface area contributed by atoms with Gasteiger partial charge in [0.15, 0.2) is 0 Å². The van der Waals surface area contributed by atoms with Crippen molar-refractivity contribution >= 4 is 34.0 Å². The molecule has 1 atom stereocenters. The van der Waals surface area contributed by atoms with Gasteiger partial charge in [-0.25, -0.2) is 9.59 Å². The van der Waals surface area contributed by atoms with Crippen LogP contribution < -0.4 is 10.1 Å². The first kappa shape index (κ1) is 19.5. The minimum Gasteiger partial charge on any atom is -0.497 e. The molecule has 0 saturated heterocycles. The van der Waals surface area contributed by atoms with Crippen molar-refractivity contribution in [2.75, 3.05) is 26.6 Å². The Hall–Kier alpha value is -3.80. The van der Waals surface area contributed by atoms with Gasteiger partial charge in [0.05, 0.1) is 38.5 Å². The van der Waals surface area contributed by atoms with Crippen molar-refractivity contribution in [1.29, 1.82) is 0 Å². The van der Waals surface area contributed by atoms with Gasteiger partial charge >= 0.3 is 11.9 Å². The van der Waals surface area contributed by atoms with E-state index in [4.69, 9.17) is 14.2 Å². The molecule has 0 amide bonds. The molecule has 3 aromatic carbocycles. The lowest BCUT2D eigenvalue weighted by Gasteiger charge is -2.31. The molecular formula is C24H21NO5. The fourth-order valence-electron chi connectivity index (χ4n) is 3.86. The van der Waals surface area contributed by atoms with Crippen molar-refractivity contribution in [2.45, 2.75) is 6.04 Å². The average Bonchev–Trinajstić information content (AvgIpc) is 2.81. The number of hydrogen-bond donors (Lipinski definition) is 1. The van der Waals surface area contributed by atoms with E-state index in [0.29, 0.717) is 11.3 Å². The minimum atomic E-state index is -0.595. The van der Waals surface area contributed by atoms with Gasteiger partial charge in [-0.3, -0.25) is 0 Å². The van der Waals surface area contributed by atoms with E-state index < -0.39 is 18.0 Å². The summed E-state index contributed by atoms with van der Waals surface area (Å²) in [5.74, 6) is -0.493. The zero-order valence-electron chi connectivity index (χ0n) is 16.9. The van der Waals surface area contributed by atoms with Crippen molar-refractivity contribution in [3.63, 3.8) is 0 Å². The van der Waals surface area contributed by atoms with Gasteiger partial charge in [0.2, 0.25) is 0 Å². The summed E-state index contributed by atoms with van der Waals surface area (Å²) < 4.78 is 15.4. The standard InChI is InChI=1S/C24H21NO5/c1-28-16-11-8-15(9-12-16)22-21(24(27)30-3)20(23(26)29-2)19-17-7-5-4-6-14(17)10-13-18(19)25-22/h4-13,22,25H,1-3H3. The fourth-order valence-corrected chi connectivity index (χ4v) is 3.86. The fraction of sp³-hybridized carbons (Fsp3) is 0.167. The SMILES string of the molecule is COC(=O)C1=C(C(=O)OC)C(c2ccc(OC)cc2)Nc2ccc3ccccc3c21. The van der Waals surface area contributed by atoms with Gasteiger partial charge < -0.3 is 19.5 Å². The van der Waals surface area contributed by atoms with Crippen molar-refractivity contribution in [2.24, 2.45) is 0 Å². The number of nitrogens with one attached hydrogen (secondary N) is 1. The highest BCUT2D eigenvalue weighted by Gasteiger charge is 2.37. The molecular weight excluding hydrogens is 382 g/mol. The van der Waals surface area contributed by atoms with E-state index in [1.54, 1.807) is 19.2 Å². The van der Waals surface area contributed by atoms with Crippen molar-refractivity contribution in [3.05, 3.63) is 77.4 Å². The maximum Gasteiger partial charge on any atom is 0.339 e. The van der Waals surface area contributed by atoms with Crippen LogP contribution in [0.3, 0.4) is 0 Å². The molecule has 0 radical (unpaired) electrons. The molecule has 0 spiro atoms. The molecule has 1 N–H and O–H groups in total. The quantitative estimate of drug-likeness (QED) is 0.661. The normalized spacial score (nSPS) is 15.2. The van der Waals surface area contributed by atoms with Crippen LogP contribution in [-0.4, -0.2) is 33.3 Å². The number of fused-ring (bicyclic) bond motifs is 3. The Morgan fingerprint density at radius 2 is 1.53 bits per heavy atom. The first-order valence-electron chi connectivity index (χ1n) is 9.42. The predicted octanol–water partition coefficient (Wildman–Crippen LogP) is 4.11. The molecule has 1 heterocycles. The summed E-state index contributed by atoms with van der Waals surface area (Å²) in [6, 6.07) is 18.3.